The van der Waals surface area contributed by atoms with E-state index in [2.05, 4.69) is 50.0 Å². The molecule has 0 unspecified atom stereocenters. The maximum atomic E-state index is 4.21. The highest BCUT2D eigenvalue weighted by atomic mass is 32.2. The summed E-state index contributed by atoms with van der Waals surface area (Å²) in [5.41, 5.74) is 3.18. The Hall–Kier alpha value is -1.53. The van der Waals surface area contributed by atoms with Gasteiger partial charge < -0.3 is 9.80 Å². The first-order valence-corrected chi connectivity index (χ1v) is 10.5. The SMILES string of the molecule is c1cc2c3c(c1)[C@@H]1CN(CCCn4nccn4)CC[C@@H]1N3CCCS2. The Balaban J connectivity index is 1.30. The highest BCUT2D eigenvalue weighted by Gasteiger charge is 2.43. The van der Waals surface area contributed by atoms with E-state index in [1.54, 1.807) is 28.4 Å². The first kappa shape index (κ1) is 15.7. The van der Waals surface area contributed by atoms with E-state index in [-0.39, 0.29) is 0 Å². The zero-order valence-corrected chi connectivity index (χ0v) is 15.4. The zero-order chi connectivity index (χ0) is 16.6. The molecule has 3 aliphatic heterocycles. The summed E-state index contributed by atoms with van der Waals surface area (Å²) in [5.74, 6) is 1.95. The van der Waals surface area contributed by atoms with E-state index in [1.807, 2.05) is 0 Å². The van der Waals surface area contributed by atoms with E-state index in [4.69, 9.17) is 0 Å². The number of para-hydroxylation sites is 1. The van der Waals surface area contributed by atoms with Crippen LogP contribution in [0.15, 0.2) is 35.5 Å². The summed E-state index contributed by atoms with van der Waals surface area (Å²) >= 11 is 2.05. The molecule has 1 aromatic heterocycles. The van der Waals surface area contributed by atoms with Gasteiger partial charge in [-0.15, -0.1) is 11.8 Å². The van der Waals surface area contributed by atoms with Crippen molar-refractivity contribution in [2.45, 2.75) is 42.7 Å². The number of nitrogens with zero attached hydrogens (tertiary/aromatic N) is 5. The van der Waals surface area contributed by atoms with Gasteiger partial charge in [0.05, 0.1) is 24.6 Å². The molecule has 0 radical (unpaired) electrons. The van der Waals surface area contributed by atoms with Gasteiger partial charge in [-0.1, -0.05) is 12.1 Å². The van der Waals surface area contributed by atoms with Gasteiger partial charge >= 0.3 is 0 Å². The Bertz CT molecular complexity index is 731. The van der Waals surface area contributed by atoms with Crippen molar-refractivity contribution in [3.63, 3.8) is 0 Å². The number of thioether (sulfide) groups is 1. The Morgan fingerprint density at radius 3 is 2.96 bits per heavy atom. The molecule has 0 spiro atoms. The van der Waals surface area contributed by atoms with Crippen LogP contribution in [-0.2, 0) is 6.54 Å². The predicted octanol–water partition coefficient (Wildman–Crippen LogP) is 2.84. The molecule has 5 rings (SSSR count). The lowest BCUT2D eigenvalue weighted by atomic mass is 9.89. The first-order valence-electron chi connectivity index (χ1n) is 9.49. The van der Waals surface area contributed by atoms with Crippen LogP contribution >= 0.6 is 11.8 Å². The molecular weight excluding hydrogens is 330 g/mol. The molecule has 5 nitrogen and oxygen atoms in total. The van der Waals surface area contributed by atoms with Crippen LogP contribution in [0.25, 0.3) is 0 Å². The third kappa shape index (κ3) is 2.85. The highest BCUT2D eigenvalue weighted by molar-refractivity contribution is 7.99. The Morgan fingerprint density at radius 2 is 2.04 bits per heavy atom. The van der Waals surface area contributed by atoms with Gasteiger partial charge in [0.2, 0.25) is 0 Å². The molecule has 1 aromatic carbocycles. The molecule has 0 amide bonds. The minimum absolute atomic E-state index is 0.685. The van der Waals surface area contributed by atoms with Gasteiger partial charge in [-0.3, -0.25) is 0 Å². The van der Waals surface area contributed by atoms with Gasteiger partial charge in [0.15, 0.2) is 0 Å². The van der Waals surface area contributed by atoms with E-state index in [1.165, 1.54) is 43.1 Å². The molecule has 0 aliphatic carbocycles. The number of likely N-dealkylation sites (tertiary alicyclic amines) is 1. The van der Waals surface area contributed by atoms with Crippen molar-refractivity contribution in [3.8, 4) is 0 Å². The lowest BCUT2D eigenvalue weighted by Gasteiger charge is -2.39. The molecule has 1 saturated heterocycles. The van der Waals surface area contributed by atoms with Gasteiger partial charge in [-0.25, -0.2) is 0 Å². The average molecular weight is 356 g/mol. The molecule has 3 aliphatic rings. The third-order valence-corrected chi connectivity index (χ3v) is 7.01. The number of fused-ring (bicyclic) bond motifs is 3. The molecule has 6 heteroatoms. The topological polar surface area (TPSA) is 37.2 Å². The van der Waals surface area contributed by atoms with Crippen molar-refractivity contribution in [1.82, 2.24) is 19.9 Å². The summed E-state index contributed by atoms with van der Waals surface area (Å²) in [6, 6.07) is 7.71. The number of piperidine rings is 1. The first-order chi connectivity index (χ1) is 12.4. The van der Waals surface area contributed by atoms with E-state index < -0.39 is 0 Å². The van der Waals surface area contributed by atoms with Crippen LogP contribution in [0.1, 0.15) is 30.7 Å². The second kappa shape index (κ2) is 6.65. The van der Waals surface area contributed by atoms with Gasteiger partial charge in [0.1, 0.15) is 0 Å². The number of hydrogen-bond acceptors (Lipinski definition) is 5. The summed E-state index contributed by atoms with van der Waals surface area (Å²) in [5, 5.41) is 8.41. The minimum Gasteiger partial charge on any atom is -0.367 e. The van der Waals surface area contributed by atoms with Crippen molar-refractivity contribution in [3.05, 3.63) is 36.2 Å². The van der Waals surface area contributed by atoms with Crippen LogP contribution in [0.2, 0.25) is 0 Å². The second-order valence-corrected chi connectivity index (χ2v) is 8.47. The fourth-order valence-corrected chi connectivity index (χ4v) is 5.85. The molecular formula is C19H25N5S. The summed E-state index contributed by atoms with van der Waals surface area (Å²) in [4.78, 5) is 8.72. The number of aromatic nitrogens is 3. The van der Waals surface area contributed by atoms with Gasteiger partial charge in [0, 0.05) is 36.5 Å². The smallest absolute Gasteiger partial charge is 0.0693 e. The van der Waals surface area contributed by atoms with Crippen LogP contribution in [0.3, 0.4) is 0 Å². The number of benzene rings is 1. The average Bonchev–Trinajstić information content (AvgIpc) is 3.19. The molecule has 4 heterocycles. The standard InChI is InChI=1S/C19H25N5S/c1-4-15-16-14-22(9-2-11-24-20-7-8-21-24)12-6-17(16)23-10-3-13-25-18(5-1)19(15)23/h1,4-5,7-8,16-17H,2-3,6,9-14H2/t16-,17-/m0/s1. The maximum absolute atomic E-state index is 4.21. The largest absolute Gasteiger partial charge is 0.367 e. The summed E-state index contributed by atoms with van der Waals surface area (Å²) in [6.45, 7) is 5.73. The third-order valence-electron chi connectivity index (χ3n) is 5.88. The van der Waals surface area contributed by atoms with Crippen molar-refractivity contribution in [2.24, 2.45) is 0 Å². The summed E-state index contributed by atoms with van der Waals surface area (Å²) < 4.78 is 0. The van der Waals surface area contributed by atoms with E-state index in [9.17, 15) is 0 Å². The normalized spacial score (nSPS) is 25.5. The fraction of sp³-hybridized carbons (Fsp3) is 0.579. The van der Waals surface area contributed by atoms with Crippen LogP contribution in [-0.4, -0.2) is 57.9 Å². The van der Waals surface area contributed by atoms with E-state index in [0.29, 0.717) is 5.92 Å². The molecule has 0 saturated carbocycles. The molecule has 25 heavy (non-hydrogen) atoms. The molecule has 0 bridgehead atoms. The second-order valence-electron chi connectivity index (χ2n) is 7.33. The van der Waals surface area contributed by atoms with Crippen LogP contribution < -0.4 is 4.90 Å². The van der Waals surface area contributed by atoms with Crippen molar-refractivity contribution < 1.29 is 0 Å². The monoisotopic (exact) mass is 355 g/mol. The number of rotatable bonds is 4. The Kier molecular flexibility index (Phi) is 4.18. The zero-order valence-electron chi connectivity index (χ0n) is 14.5. The molecule has 0 N–H and O–H groups in total. The maximum Gasteiger partial charge on any atom is 0.0693 e. The molecule has 1 fully saturated rings. The Labute approximate surface area is 153 Å². The van der Waals surface area contributed by atoms with Gasteiger partial charge in [-0.05, 0) is 43.2 Å². The van der Waals surface area contributed by atoms with Crippen LogP contribution in [0.4, 0.5) is 5.69 Å². The van der Waals surface area contributed by atoms with Crippen LogP contribution in [0, 0.1) is 0 Å². The predicted molar refractivity (Wildman–Crippen MR) is 101 cm³/mol. The number of aryl methyl sites for hydroxylation is 1. The van der Waals surface area contributed by atoms with Crippen LogP contribution in [0.5, 0.6) is 0 Å². The lowest BCUT2D eigenvalue weighted by Crippen LogP contribution is -2.46. The fourth-order valence-electron chi connectivity index (χ4n) is 4.81. The summed E-state index contributed by atoms with van der Waals surface area (Å²) in [7, 11) is 0. The van der Waals surface area contributed by atoms with E-state index in [0.717, 1.165) is 25.6 Å². The lowest BCUT2D eigenvalue weighted by molar-refractivity contribution is 0.187. The van der Waals surface area contributed by atoms with Gasteiger partial charge in [-0.2, -0.15) is 15.0 Å². The van der Waals surface area contributed by atoms with Crippen molar-refractivity contribution >= 4 is 17.4 Å². The minimum atomic E-state index is 0.685. The van der Waals surface area contributed by atoms with Gasteiger partial charge in [0.25, 0.3) is 0 Å². The molecule has 2 aromatic rings. The number of hydrogen-bond donors (Lipinski definition) is 0. The highest BCUT2D eigenvalue weighted by Crippen LogP contribution is 2.50. The van der Waals surface area contributed by atoms with E-state index >= 15 is 0 Å². The Morgan fingerprint density at radius 1 is 1.12 bits per heavy atom. The van der Waals surface area contributed by atoms with Crippen molar-refractivity contribution in [1.29, 1.82) is 0 Å². The number of anilines is 1. The summed E-state index contributed by atoms with van der Waals surface area (Å²) in [6.07, 6.45) is 7.24. The molecule has 2 atom stereocenters. The van der Waals surface area contributed by atoms with Crippen molar-refractivity contribution in [2.75, 3.05) is 36.8 Å². The molecule has 132 valence electrons. The quantitative estimate of drug-likeness (QED) is 0.843.